The molecule has 6 heteroatoms. The summed E-state index contributed by atoms with van der Waals surface area (Å²) in [6, 6.07) is 19.3. The lowest BCUT2D eigenvalue weighted by molar-refractivity contribution is -0.141. The van der Waals surface area contributed by atoms with E-state index in [1.54, 1.807) is 9.80 Å². The Hall–Kier alpha value is -3.67. The van der Waals surface area contributed by atoms with Crippen molar-refractivity contribution in [3.63, 3.8) is 0 Å². The van der Waals surface area contributed by atoms with Gasteiger partial charge in [-0.25, -0.2) is 0 Å². The number of carbonyl (C=O) groups is 3. The van der Waals surface area contributed by atoms with E-state index in [1.165, 1.54) is 0 Å². The zero-order chi connectivity index (χ0) is 26.5. The molecule has 2 atom stereocenters. The predicted octanol–water partition coefficient (Wildman–Crippen LogP) is 5.61. The van der Waals surface area contributed by atoms with Crippen molar-refractivity contribution in [1.82, 2.24) is 10.2 Å². The van der Waals surface area contributed by atoms with Gasteiger partial charge in [-0.1, -0.05) is 67.9 Å². The number of hydrogen-bond acceptors (Lipinski definition) is 3. The summed E-state index contributed by atoms with van der Waals surface area (Å²) in [5.74, 6) is -0.208. The first-order valence-electron chi connectivity index (χ1n) is 13.3. The van der Waals surface area contributed by atoms with Gasteiger partial charge in [0.15, 0.2) is 0 Å². The van der Waals surface area contributed by atoms with Gasteiger partial charge in [0.05, 0.1) is 5.69 Å². The summed E-state index contributed by atoms with van der Waals surface area (Å²) in [6.07, 6.45) is 2.13. The summed E-state index contributed by atoms with van der Waals surface area (Å²) in [7, 11) is 0. The molecule has 194 valence electrons. The van der Waals surface area contributed by atoms with Gasteiger partial charge in [0, 0.05) is 36.5 Å². The molecule has 1 heterocycles. The SMILES string of the molecule is CC[C@@H](C)NC(=O)[C@@H](CC)N(Cc1cccc(C)c1)C(=O)CCCN1C(=O)c2cccc3cccc1c23. The number of aryl methyl sites for hydroxylation is 1. The first kappa shape index (κ1) is 26.4. The Kier molecular flexibility index (Phi) is 8.27. The number of carbonyl (C=O) groups excluding carboxylic acids is 3. The van der Waals surface area contributed by atoms with Crippen LogP contribution in [0.4, 0.5) is 5.69 Å². The molecule has 37 heavy (non-hydrogen) atoms. The third-order valence-electron chi connectivity index (χ3n) is 7.24. The summed E-state index contributed by atoms with van der Waals surface area (Å²) in [5.41, 5.74) is 3.73. The maximum absolute atomic E-state index is 13.6. The molecule has 1 N–H and O–H groups in total. The Bertz CT molecular complexity index is 1300. The quantitative estimate of drug-likeness (QED) is 0.373. The van der Waals surface area contributed by atoms with Crippen LogP contribution in [-0.4, -0.2) is 41.2 Å². The first-order valence-corrected chi connectivity index (χ1v) is 13.3. The normalized spacial score (nSPS) is 14.1. The van der Waals surface area contributed by atoms with E-state index >= 15 is 0 Å². The van der Waals surface area contributed by atoms with Gasteiger partial charge in [0.25, 0.3) is 5.91 Å². The number of nitrogens with zero attached hydrogens (tertiary/aromatic N) is 2. The van der Waals surface area contributed by atoms with E-state index in [-0.39, 0.29) is 30.2 Å². The highest BCUT2D eigenvalue weighted by Gasteiger charge is 2.31. The molecule has 0 radical (unpaired) electrons. The van der Waals surface area contributed by atoms with Crippen LogP contribution < -0.4 is 10.2 Å². The number of amides is 3. The third-order valence-corrected chi connectivity index (χ3v) is 7.24. The standard InChI is InChI=1S/C31H37N3O3/c1-5-22(4)32-30(36)26(6-2)34(20-23-12-7-11-21(3)19-23)28(35)17-10-18-33-27-16-9-14-24-13-8-15-25(29(24)27)31(33)37/h7-9,11-16,19,22,26H,5-6,10,17-18,20H2,1-4H3,(H,32,36)/t22-,26-/m1/s1. The lowest BCUT2D eigenvalue weighted by atomic mass is 10.1. The van der Waals surface area contributed by atoms with Crippen LogP contribution in [0.3, 0.4) is 0 Å². The minimum atomic E-state index is -0.548. The zero-order valence-corrected chi connectivity index (χ0v) is 22.3. The maximum Gasteiger partial charge on any atom is 0.258 e. The van der Waals surface area contributed by atoms with Crippen molar-refractivity contribution in [2.75, 3.05) is 11.4 Å². The average molecular weight is 500 g/mol. The smallest absolute Gasteiger partial charge is 0.258 e. The fraction of sp³-hybridized carbons (Fsp3) is 0.387. The van der Waals surface area contributed by atoms with Gasteiger partial charge in [-0.05, 0) is 56.2 Å². The van der Waals surface area contributed by atoms with Gasteiger partial charge in [0.2, 0.25) is 11.8 Å². The van der Waals surface area contributed by atoms with Crippen LogP contribution in [0.2, 0.25) is 0 Å². The number of hydrogen-bond donors (Lipinski definition) is 1. The van der Waals surface area contributed by atoms with Gasteiger partial charge in [-0.3, -0.25) is 14.4 Å². The highest BCUT2D eigenvalue weighted by Crippen LogP contribution is 2.37. The number of anilines is 1. The second-order valence-electron chi connectivity index (χ2n) is 9.99. The Balaban J connectivity index is 1.49. The molecule has 0 spiro atoms. The van der Waals surface area contributed by atoms with Crippen molar-refractivity contribution >= 4 is 34.2 Å². The van der Waals surface area contributed by atoms with Crippen LogP contribution >= 0.6 is 0 Å². The fourth-order valence-corrected chi connectivity index (χ4v) is 5.10. The van der Waals surface area contributed by atoms with Gasteiger partial charge in [0.1, 0.15) is 6.04 Å². The van der Waals surface area contributed by atoms with Crippen LogP contribution in [0.25, 0.3) is 10.8 Å². The van der Waals surface area contributed by atoms with Crippen molar-refractivity contribution in [3.8, 4) is 0 Å². The van der Waals surface area contributed by atoms with Gasteiger partial charge in [-0.15, -0.1) is 0 Å². The molecule has 3 aromatic carbocycles. The van der Waals surface area contributed by atoms with E-state index in [9.17, 15) is 14.4 Å². The molecular formula is C31H37N3O3. The lowest BCUT2D eigenvalue weighted by Gasteiger charge is -2.32. The number of nitrogens with one attached hydrogen (secondary N) is 1. The van der Waals surface area contributed by atoms with E-state index in [0.717, 1.165) is 34.0 Å². The predicted molar refractivity (Wildman–Crippen MR) is 149 cm³/mol. The first-order chi connectivity index (χ1) is 17.8. The van der Waals surface area contributed by atoms with Crippen LogP contribution in [-0.2, 0) is 16.1 Å². The Morgan fingerprint density at radius 2 is 1.73 bits per heavy atom. The fourth-order valence-electron chi connectivity index (χ4n) is 5.10. The summed E-state index contributed by atoms with van der Waals surface area (Å²) < 4.78 is 0. The number of benzene rings is 3. The molecule has 3 amide bonds. The van der Waals surface area contributed by atoms with Crippen molar-refractivity contribution in [2.45, 2.75) is 72.0 Å². The van der Waals surface area contributed by atoms with Crippen LogP contribution in [0, 0.1) is 6.92 Å². The second-order valence-corrected chi connectivity index (χ2v) is 9.99. The Morgan fingerprint density at radius 1 is 1.00 bits per heavy atom. The zero-order valence-electron chi connectivity index (χ0n) is 22.3. The van der Waals surface area contributed by atoms with Crippen LogP contribution in [0.15, 0.2) is 60.7 Å². The summed E-state index contributed by atoms with van der Waals surface area (Å²) in [5, 5.41) is 5.08. The van der Waals surface area contributed by atoms with Crippen LogP contribution in [0.5, 0.6) is 0 Å². The molecule has 1 aliphatic rings. The molecule has 6 nitrogen and oxygen atoms in total. The third kappa shape index (κ3) is 5.68. The molecular weight excluding hydrogens is 462 g/mol. The molecule has 0 aromatic heterocycles. The minimum absolute atomic E-state index is 0.0183. The maximum atomic E-state index is 13.6. The van der Waals surface area contributed by atoms with Crippen molar-refractivity contribution in [3.05, 3.63) is 77.4 Å². The average Bonchev–Trinajstić information content (AvgIpc) is 3.16. The molecule has 0 fully saturated rings. The van der Waals surface area contributed by atoms with Gasteiger partial charge in [-0.2, -0.15) is 0 Å². The Morgan fingerprint density at radius 3 is 2.43 bits per heavy atom. The minimum Gasteiger partial charge on any atom is -0.352 e. The summed E-state index contributed by atoms with van der Waals surface area (Å²) in [4.78, 5) is 43.4. The molecule has 0 aliphatic carbocycles. The van der Waals surface area contributed by atoms with Gasteiger partial charge < -0.3 is 15.1 Å². The lowest BCUT2D eigenvalue weighted by Crippen LogP contribution is -2.50. The molecule has 3 aromatic rings. The molecule has 1 aliphatic heterocycles. The Labute approximate surface area is 219 Å². The molecule has 0 bridgehead atoms. The molecule has 0 saturated carbocycles. The largest absolute Gasteiger partial charge is 0.352 e. The summed E-state index contributed by atoms with van der Waals surface area (Å²) >= 11 is 0. The van der Waals surface area contributed by atoms with Gasteiger partial charge >= 0.3 is 0 Å². The number of rotatable bonds is 11. The highest BCUT2D eigenvalue weighted by atomic mass is 16.2. The monoisotopic (exact) mass is 499 g/mol. The highest BCUT2D eigenvalue weighted by molar-refractivity contribution is 6.25. The van der Waals surface area contributed by atoms with E-state index in [4.69, 9.17) is 0 Å². The van der Waals surface area contributed by atoms with E-state index in [0.29, 0.717) is 31.5 Å². The van der Waals surface area contributed by atoms with E-state index in [1.807, 2.05) is 82.3 Å². The summed E-state index contributed by atoms with van der Waals surface area (Å²) in [6.45, 7) is 8.79. The van der Waals surface area contributed by atoms with Crippen molar-refractivity contribution in [1.29, 1.82) is 0 Å². The molecule has 0 unspecified atom stereocenters. The van der Waals surface area contributed by atoms with Crippen LogP contribution in [0.1, 0.15) is 67.9 Å². The second kappa shape index (κ2) is 11.6. The van der Waals surface area contributed by atoms with Crippen molar-refractivity contribution < 1.29 is 14.4 Å². The van der Waals surface area contributed by atoms with E-state index < -0.39 is 6.04 Å². The topological polar surface area (TPSA) is 69.7 Å². The molecule has 4 rings (SSSR count). The van der Waals surface area contributed by atoms with E-state index in [2.05, 4.69) is 11.4 Å². The molecule has 0 saturated heterocycles. The van der Waals surface area contributed by atoms with Crippen molar-refractivity contribution in [2.24, 2.45) is 0 Å².